The minimum Gasteiger partial charge on any atom is -0.391 e. The second kappa shape index (κ2) is 37.9. The molecule has 0 radical (unpaired) electrons. The molecule has 1 aliphatic carbocycles. The van der Waals surface area contributed by atoms with Crippen molar-refractivity contribution in [3.63, 3.8) is 0 Å². The lowest BCUT2D eigenvalue weighted by Gasteiger charge is -2.44. The number of carbonyl (C=O) groups excluding carboxylic acids is 5. The van der Waals surface area contributed by atoms with Crippen LogP contribution in [0.25, 0.3) is 16.0 Å². The van der Waals surface area contributed by atoms with Crippen molar-refractivity contribution in [3.05, 3.63) is 160 Å². The lowest BCUT2D eigenvalue weighted by atomic mass is 9.71. The molecule has 11 rings (SSSR count). The number of aliphatic hydroxyl groups is 1. The van der Waals surface area contributed by atoms with Crippen LogP contribution in [0.3, 0.4) is 0 Å². The molecule has 6 aromatic rings. The summed E-state index contributed by atoms with van der Waals surface area (Å²) in [6.07, 6.45) is 5.77. The number of allylic oxidation sites excluding steroid dienone is 1. The van der Waals surface area contributed by atoms with Gasteiger partial charge in [0.15, 0.2) is 0 Å². The van der Waals surface area contributed by atoms with Crippen molar-refractivity contribution in [2.45, 2.75) is 163 Å². The van der Waals surface area contributed by atoms with Crippen LogP contribution >= 0.6 is 34.7 Å². The Bertz CT molecular complexity index is 4500. The fourth-order valence-corrected chi connectivity index (χ4v) is 19.5. The number of rotatable bonds is 31. The number of aliphatic hydroxyl groups excluding tert-OH is 1. The summed E-state index contributed by atoms with van der Waals surface area (Å²) in [5, 5.41) is 20.5. The summed E-state index contributed by atoms with van der Waals surface area (Å²) in [6, 6.07) is 31.3. The number of hydrogen-bond donors (Lipinski definition) is 5. The fourth-order valence-electron chi connectivity index (χ4n) is 15.5. The van der Waals surface area contributed by atoms with Crippen LogP contribution in [0.1, 0.15) is 138 Å². The minimum absolute atomic E-state index is 0.0209. The van der Waals surface area contributed by atoms with Gasteiger partial charge in [0.2, 0.25) is 23.6 Å². The number of unbranched alkanes of at least 4 members (excludes halogenated alkanes) is 3. The molecular formula is C82H105ClF3N11O11S4. The number of amides is 5. The van der Waals surface area contributed by atoms with Gasteiger partial charge in [-0.2, -0.15) is 13.2 Å². The zero-order chi connectivity index (χ0) is 80.1. The minimum atomic E-state index is -6.11. The van der Waals surface area contributed by atoms with Gasteiger partial charge in [0.1, 0.15) is 17.0 Å². The molecule has 0 spiro atoms. The number of ether oxygens (including phenoxy) is 1. The second-order valence-corrected chi connectivity index (χ2v) is 37.6. The smallest absolute Gasteiger partial charge is 0.391 e. The zero-order valence-corrected chi connectivity index (χ0v) is 68.6. The molecule has 0 bridgehead atoms. The van der Waals surface area contributed by atoms with Crippen LogP contribution in [-0.4, -0.2) is 221 Å². The lowest BCUT2D eigenvalue weighted by molar-refractivity contribution is -0.144. The molecule has 0 saturated carbocycles. The zero-order valence-electron chi connectivity index (χ0n) is 64.6. The predicted molar refractivity (Wildman–Crippen MR) is 433 cm³/mol. The topological polar surface area (TPSA) is 264 Å². The molecule has 5 amide bonds. The first kappa shape index (κ1) is 85.4. The highest BCUT2D eigenvalue weighted by Crippen LogP contribution is 2.45. The molecule has 6 atom stereocenters. The number of hydrogen-bond acceptors (Lipinski definition) is 19. The maximum Gasteiger partial charge on any atom is 0.501 e. The van der Waals surface area contributed by atoms with E-state index in [1.54, 1.807) is 23.5 Å². The van der Waals surface area contributed by atoms with Crippen molar-refractivity contribution in [3.8, 4) is 10.4 Å². The van der Waals surface area contributed by atoms with Gasteiger partial charge in [0.25, 0.3) is 25.8 Å². The highest BCUT2D eigenvalue weighted by Gasteiger charge is 2.49. The average molecular weight is 1640 g/mol. The van der Waals surface area contributed by atoms with E-state index in [2.05, 4.69) is 59.6 Å². The Balaban J connectivity index is 0.620. The van der Waals surface area contributed by atoms with E-state index >= 15 is 0 Å². The van der Waals surface area contributed by atoms with Crippen molar-refractivity contribution in [1.82, 2.24) is 44.8 Å². The molecule has 606 valence electrons. The third-order valence-electron chi connectivity index (χ3n) is 22.0. The van der Waals surface area contributed by atoms with E-state index in [0.29, 0.717) is 102 Å². The standard InChI is InChI=1S/C82H105ClF3N11O11S4/c1-56(58-18-20-60(21-19-58)75-57(2)87-55-110-75)88-78(102)71-48-66(98)52-97(71)79(103)76(80(3,4)5)90-73(99)16-12-7-8-13-17-74(100)96-42-38-94(39-43-96)54-81(6)34-32-69(59-22-26-63(83)27-23-59)62(50-81)51-93-36-40-95(41-37-93)65-28-24-61(25-29-65)77(101)91-112(106,107)68-30-31-70(72(49-68)111(104,105)82(84,85)86)89-64(33-35-92-44-46-108-47-45-92)53-109-67-14-10-9-11-15-67/h9-11,14-15,18-31,49,55-56,64,66,71,76,89,98H,7-8,12-13,16-17,32-48,50-54H2,1-6H3,(H,88,102)(H,90,99)(H,91,101)/t56-,64+,66+,71-,76+,81-/m0/s1. The summed E-state index contributed by atoms with van der Waals surface area (Å²) in [5.74, 6) is -1.64. The van der Waals surface area contributed by atoms with E-state index in [9.17, 15) is 59.1 Å². The molecular weight excluding hydrogens is 1540 g/mol. The van der Waals surface area contributed by atoms with E-state index in [4.69, 9.17) is 16.3 Å². The first-order valence-electron chi connectivity index (χ1n) is 38.7. The number of sulfonamides is 1. The third-order valence-corrected chi connectivity index (χ3v) is 27.2. The Labute approximate surface area is 670 Å². The van der Waals surface area contributed by atoms with Crippen molar-refractivity contribution in [1.29, 1.82) is 0 Å². The fraction of sp³-hybridized carbons (Fsp3) is 0.512. The van der Waals surface area contributed by atoms with Crippen molar-refractivity contribution in [2.24, 2.45) is 10.8 Å². The maximum atomic E-state index is 14.4. The monoisotopic (exact) mass is 1640 g/mol. The van der Waals surface area contributed by atoms with Gasteiger partial charge in [-0.15, -0.1) is 23.1 Å². The Morgan fingerprint density at radius 1 is 0.777 bits per heavy atom. The van der Waals surface area contributed by atoms with Crippen LogP contribution in [0.4, 0.5) is 24.5 Å². The third kappa shape index (κ3) is 22.6. The van der Waals surface area contributed by atoms with E-state index < -0.39 is 82.3 Å². The number of thioether (sulfide) groups is 1. The van der Waals surface area contributed by atoms with E-state index in [-0.39, 0.29) is 54.1 Å². The highest BCUT2D eigenvalue weighted by molar-refractivity contribution is 7.99. The molecule has 4 aliphatic heterocycles. The Morgan fingerprint density at radius 2 is 1.44 bits per heavy atom. The van der Waals surface area contributed by atoms with Crippen molar-refractivity contribution < 1.29 is 63.8 Å². The SMILES string of the molecule is Cc1ncsc1-c1ccc([C@H](C)NC(=O)[C@@H]2C[C@@H](O)CN2C(=O)[C@@H](NC(=O)CCCCCCC(=O)N2CCN(C[C@@]3(C)CCC(c4ccc(Cl)cc4)=C(CN4CCN(c5ccc(C(=O)NS(=O)(=O)c6ccc(N[C@H](CCN7CCOCC7)CSc7ccccc7)c(S(=O)(=O)C(F)(F)F)c6)cc5)CC4)C3)CC2)C(C)(C)C)cc1. The number of carbonyl (C=O) groups is 5. The van der Waals surface area contributed by atoms with Crippen molar-refractivity contribution in [2.75, 3.05) is 121 Å². The summed E-state index contributed by atoms with van der Waals surface area (Å²) in [6.45, 7) is 21.9. The molecule has 1 aromatic heterocycles. The highest BCUT2D eigenvalue weighted by atomic mass is 35.5. The van der Waals surface area contributed by atoms with Crippen LogP contribution in [0.5, 0.6) is 0 Å². The van der Waals surface area contributed by atoms with Gasteiger partial charge in [-0.05, 0) is 152 Å². The molecule has 30 heteroatoms. The Hall–Kier alpha value is -7.45. The lowest BCUT2D eigenvalue weighted by Crippen LogP contribution is -2.57. The van der Waals surface area contributed by atoms with Gasteiger partial charge in [0, 0.05) is 144 Å². The second-order valence-electron chi connectivity index (χ2n) is 31.6. The van der Waals surface area contributed by atoms with Gasteiger partial charge in [-0.25, -0.2) is 26.5 Å². The Kier molecular flexibility index (Phi) is 28.9. The summed E-state index contributed by atoms with van der Waals surface area (Å²) < 4.78 is 105. The summed E-state index contributed by atoms with van der Waals surface area (Å²) in [4.78, 5) is 85.8. The number of anilines is 2. The molecule has 0 unspecified atom stereocenters. The number of morpholine rings is 1. The Morgan fingerprint density at radius 3 is 2.09 bits per heavy atom. The van der Waals surface area contributed by atoms with E-state index in [1.165, 1.54) is 39.9 Å². The van der Waals surface area contributed by atoms with Crippen LogP contribution in [-0.2, 0) is 43.8 Å². The van der Waals surface area contributed by atoms with E-state index in [1.807, 2.05) is 116 Å². The number of likely N-dealkylation sites (tertiary alicyclic amines) is 1. The first-order chi connectivity index (χ1) is 53.3. The van der Waals surface area contributed by atoms with Crippen LogP contribution in [0, 0.1) is 17.8 Å². The van der Waals surface area contributed by atoms with Gasteiger partial charge in [-0.1, -0.05) is 112 Å². The number of β-amino-alcohol motifs (C(OH)–C–C–N with tert-alkyl or cyclic N) is 1. The number of aromatic nitrogens is 1. The summed E-state index contributed by atoms with van der Waals surface area (Å²) >= 11 is 9.40. The summed E-state index contributed by atoms with van der Waals surface area (Å²) in [7, 11) is -11.0. The molecule has 4 saturated heterocycles. The number of aryl methyl sites for hydroxylation is 1. The van der Waals surface area contributed by atoms with Gasteiger partial charge < -0.3 is 40.5 Å². The molecule has 5 aromatic carbocycles. The molecule has 22 nitrogen and oxygen atoms in total. The number of sulfone groups is 1. The van der Waals surface area contributed by atoms with Crippen LogP contribution < -0.4 is 25.6 Å². The van der Waals surface area contributed by atoms with Gasteiger partial charge in [-0.3, -0.25) is 38.7 Å². The average Bonchev–Trinajstić information content (AvgIpc) is 0.938. The maximum absolute atomic E-state index is 14.4. The summed E-state index contributed by atoms with van der Waals surface area (Å²) in [5.41, 5.74) is 2.37. The predicted octanol–water partition coefficient (Wildman–Crippen LogP) is 12.1. The molecule has 5 N–H and O–H groups in total. The number of piperazine rings is 2. The number of alkyl halides is 3. The van der Waals surface area contributed by atoms with Crippen LogP contribution in [0.15, 0.2) is 147 Å². The molecule has 5 heterocycles. The van der Waals surface area contributed by atoms with E-state index in [0.717, 1.165) is 121 Å². The number of halogens is 4. The normalized spacial score (nSPS) is 20.1. The molecule has 5 aliphatic rings. The first-order valence-corrected chi connectivity index (χ1v) is 43.9. The molecule has 112 heavy (non-hydrogen) atoms. The number of nitrogens with zero attached hydrogens (tertiary/aromatic N) is 7. The number of nitrogens with one attached hydrogen (secondary N) is 4. The number of thiazole rings is 1. The largest absolute Gasteiger partial charge is 0.501 e. The van der Waals surface area contributed by atoms with Crippen molar-refractivity contribution >= 4 is 101 Å². The molecule has 4 fully saturated rings. The number of benzene rings is 5. The quantitative estimate of drug-likeness (QED) is 0.0200. The van der Waals surface area contributed by atoms with Crippen LogP contribution in [0.2, 0.25) is 5.02 Å². The van der Waals surface area contributed by atoms with Gasteiger partial charge >= 0.3 is 5.51 Å². The van der Waals surface area contributed by atoms with Gasteiger partial charge in [0.05, 0.1) is 52.0 Å².